The topological polar surface area (TPSA) is 64.8 Å². The van der Waals surface area contributed by atoms with E-state index in [2.05, 4.69) is 26.3 Å². The van der Waals surface area contributed by atoms with Gasteiger partial charge in [0.05, 0.1) is 17.1 Å². The Hall–Kier alpha value is -2.26. The van der Waals surface area contributed by atoms with Crippen molar-refractivity contribution in [2.24, 2.45) is 0 Å². The van der Waals surface area contributed by atoms with E-state index < -0.39 is 6.17 Å². The Morgan fingerprint density at radius 1 is 1.15 bits per heavy atom. The molecule has 1 aliphatic heterocycles. The predicted molar refractivity (Wildman–Crippen MR) is 99.6 cm³/mol. The van der Waals surface area contributed by atoms with E-state index >= 15 is 0 Å². The van der Waals surface area contributed by atoms with Crippen LogP contribution in [0.1, 0.15) is 44.1 Å². The largest absolute Gasteiger partial charge is 0.367 e. The van der Waals surface area contributed by atoms with E-state index in [-0.39, 0.29) is 0 Å². The molecule has 2 heterocycles. The summed E-state index contributed by atoms with van der Waals surface area (Å²) >= 11 is 0. The molecule has 0 radical (unpaired) electrons. The summed E-state index contributed by atoms with van der Waals surface area (Å²) in [6.07, 6.45) is 6.92. The van der Waals surface area contributed by atoms with Gasteiger partial charge in [-0.1, -0.05) is 0 Å². The van der Waals surface area contributed by atoms with Gasteiger partial charge in [0.1, 0.15) is 18.3 Å². The summed E-state index contributed by atoms with van der Waals surface area (Å²) in [6, 6.07) is 8.54. The molecule has 1 saturated carbocycles. The normalized spacial score (nSPS) is 27.2. The third-order valence-corrected chi connectivity index (χ3v) is 5.71. The zero-order chi connectivity index (χ0) is 17.9. The van der Waals surface area contributed by atoms with Gasteiger partial charge >= 0.3 is 0 Å². The number of anilines is 1. The first-order valence-electron chi connectivity index (χ1n) is 9.52. The van der Waals surface area contributed by atoms with Gasteiger partial charge in [0.2, 0.25) is 0 Å². The van der Waals surface area contributed by atoms with Gasteiger partial charge < -0.3 is 5.32 Å². The number of piperidine rings is 1. The smallest absolute Gasteiger partial charge is 0.137 e. The average molecular weight is 353 g/mol. The minimum atomic E-state index is -0.652. The van der Waals surface area contributed by atoms with Crippen LogP contribution in [0.4, 0.5) is 10.2 Å². The number of alkyl halides is 1. The van der Waals surface area contributed by atoms with Crippen LogP contribution in [-0.2, 0) is 0 Å². The van der Waals surface area contributed by atoms with Crippen LogP contribution in [0.15, 0.2) is 24.5 Å². The Morgan fingerprint density at radius 2 is 2.00 bits per heavy atom. The summed E-state index contributed by atoms with van der Waals surface area (Å²) < 4.78 is 13.7. The fraction of sp³-hybridized carbons (Fsp3) is 0.550. The molecule has 1 unspecified atom stereocenters. The molecule has 0 bridgehead atoms. The second kappa shape index (κ2) is 7.55. The van der Waals surface area contributed by atoms with Gasteiger partial charge in [-0.05, 0) is 63.3 Å². The monoisotopic (exact) mass is 353 g/mol. The van der Waals surface area contributed by atoms with Crippen molar-refractivity contribution in [3.63, 3.8) is 0 Å². The van der Waals surface area contributed by atoms with Crippen LogP contribution in [0.25, 0.3) is 10.9 Å². The maximum Gasteiger partial charge on any atom is 0.137 e. The molecule has 136 valence electrons. The fourth-order valence-electron chi connectivity index (χ4n) is 4.30. The molecule has 6 heteroatoms. The highest BCUT2D eigenvalue weighted by atomic mass is 19.1. The Morgan fingerprint density at radius 3 is 2.77 bits per heavy atom. The van der Waals surface area contributed by atoms with Gasteiger partial charge in [0.25, 0.3) is 0 Å². The van der Waals surface area contributed by atoms with Crippen molar-refractivity contribution in [1.82, 2.24) is 14.9 Å². The quantitative estimate of drug-likeness (QED) is 0.912. The highest BCUT2D eigenvalue weighted by Crippen LogP contribution is 2.29. The number of fused-ring (bicyclic) bond motifs is 1. The number of nitrogens with zero attached hydrogens (tertiary/aromatic N) is 4. The molecule has 0 spiro atoms. The molecule has 1 aliphatic carbocycles. The molecule has 1 N–H and O–H groups in total. The van der Waals surface area contributed by atoms with E-state index in [1.807, 2.05) is 12.1 Å². The molecule has 1 saturated heterocycles. The van der Waals surface area contributed by atoms with Crippen LogP contribution in [-0.4, -0.2) is 46.2 Å². The first kappa shape index (κ1) is 17.2. The number of hydrogen-bond acceptors (Lipinski definition) is 5. The van der Waals surface area contributed by atoms with Crippen LogP contribution >= 0.6 is 0 Å². The van der Waals surface area contributed by atoms with Gasteiger partial charge in [0.15, 0.2) is 0 Å². The lowest BCUT2D eigenvalue weighted by Gasteiger charge is -2.40. The number of hydrogen-bond donors (Lipinski definition) is 1. The number of nitriles is 1. The Bertz CT molecular complexity index is 809. The lowest BCUT2D eigenvalue weighted by Crippen LogP contribution is -2.46. The zero-order valence-corrected chi connectivity index (χ0v) is 14.9. The minimum Gasteiger partial charge on any atom is -0.367 e. The minimum absolute atomic E-state index is 0.362. The van der Waals surface area contributed by atoms with Crippen molar-refractivity contribution in [3.8, 4) is 6.07 Å². The van der Waals surface area contributed by atoms with Gasteiger partial charge in [-0.25, -0.2) is 14.4 Å². The van der Waals surface area contributed by atoms with E-state index in [0.717, 1.165) is 61.8 Å². The summed E-state index contributed by atoms with van der Waals surface area (Å²) in [5.41, 5.74) is 1.46. The SMILES string of the molecule is N#Cc1ccc2ncnc(N[C@H]3CC[C@H](N4CCCC(F)C4)CC3)c2c1. The van der Waals surface area contributed by atoms with Gasteiger partial charge in [-0.3, -0.25) is 4.90 Å². The van der Waals surface area contributed by atoms with E-state index in [4.69, 9.17) is 5.26 Å². The molecule has 4 rings (SSSR count). The van der Waals surface area contributed by atoms with E-state index in [0.29, 0.717) is 24.2 Å². The van der Waals surface area contributed by atoms with Crippen LogP contribution in [0.5, 0.6) is 0 Å². The standard InChI is InChI=1S/C20H24FN5/c21-15-2-1-9-26(12-15)17-6-4-16(5-7-17)25-20-18-10-14(11-22)3-8-19(18)23-13-24-20/h3,8,10,13,15-17H,1-2,4-7,9,12H2,(H,23,24,25)/t15?,16-,17-. The van der Waals surface area contributed by atoms with Crippen LogP contribution in [0.3, 0.4) is 0 Å². The van der Waals surface area contributed by atoms with Crippen molar-refractivity contribution < 1.29 is 4.39 Å². The first-order chi connectivity index (χ1) is 12.7. The molecular weight excluding hydrogens is 329 g/mol. The van der Waals surface area contributed by atoms with Gasteiger partial charge in [0, 0.05) is 24.0 Å². The Balaban J connectivity index is 1.42. The highest BCUT2D eigenvalue weighted by molar-refractivity contribution is 5.89. The number of rotatable bonds is 3. The molecule has 2 aromatic rings. The van der Waals surface area contributed by atoms with Crippen molar-refractivity contribution in [2.75, 3.05) is 18.4 Å². The summed E-state index contributed by atoms with van der Waals surface area (Å²) in [4.78, 5) is 11.0. The number of aromatic nitrogens is 2. The van der Waals surface area contributed by atoms with Crippen molar-refractivity contribution in [1.29, 1.82) is 5.26 Å². The molecule has 1 atom stereocenters. The van der Waals surface area contributed by atoms with Crippen molar-refractivity contribution in [2.45, 2.75) is 56.8 Å². The van der Waals surface area contributed by atoms with Gasteiger partial charge in [-0.2, -0.15) is 5.26 Å². The number of nitrogens with one attached hydrogen (secondary N) is 1. The zero-order valence-electron chi connectivity index (χ0n) is 14.9. The predicted octanol–water partition coefficient (Wildman–Crippen LogP) is 3.66. The Kier molecular flexibility index (Phi) is 4.98. The number of halogens is 1. The lowest BCUT2D eigenvalue weighted by molar-refractivity contribution is 0.0784. The lowest BCUT2D eigenvalue weighted by atomic mass is 9.89. The number of benzene rings is 1. The van der Waals surface area contributed by atoms with Crippen molar-refractivity contribution in [3.05, 3.63) is 30.1 Å². The summed E-state index contributed by atoms with van der Waals surface area (Å²) in [5, 5.41) is 13.6. The third kappa shape index (κ3) is 3.63. The first-order valence-corrected chi connectivity index (χ1v) is 9.52. The van der Waals surface area contributed by atoms with Crippen LogP contribution in [0.2, 0.25) is 0 Å². The number of likely N-dealkylation sites (tertiary alicyclic amines) is 1. The van der Waals surface area contributed by atoms with Gasteiger partial charge in [-0.15, -0.1) is 0 Å². The van der Waals surface area contributed by atoms with Crippen LogP contribution in [0, 0.1) is 11.3 Å². The third-order valence-electron chi connectivity index (χ3n) is 5.71. The molecule has 5 nitrogen and oxygen atoms in total. The highest BCUT2D eigenvalue weighted by Gasteiger charge is 2.29. The summed E-state index contributed by atoms with van der Waals surface area (Å²) in [6.45, 7) is 1.65. The molecule has 1 aromatic heterocycles. The maximum atomic E-state index is 13.7. The molecular formula is C20H24FN5. The average Bonchev–Trinajstić information content (AvgIpc) is 2.68. The molecule has 1 aromatic carbocycles. The molecule has 26 heavy (non-hydrogen) atoms. The molecule has 0 amide bonds. The van der Waals surface area contributed by atoms with E-state index in [1.54, 1.807) is 12.4 Å². The summed E-state index contributed by atoms with van der Waals surface area (Å²) in [7, 11) is 0. The molecule has 2 aliphatic rings. The molecule has 2 fully saturated rings. The van der Waals surface area contributed by atoms with Crippen LogP contribution < -0.4 is 5.32 Å². The Labute approximate surface area is 153 Å². The second-order valence-corrected chi connectivity index (χ2v) is 7.45. The maximum absolute atomic E-state index is 13.7. The van der Waals surface area contributed by atoms with Crippen molar-refractivity contribution >= 4 is 16.7 Å². The van der Waals surface area contributed by atoms with E-state index in [9.17, 15) is 4.39 Å². The second-order valence-electron chi connectivity index (χ2n) is 7.45. The van der Waals surface area contributed by atoms with E-state index in [1.165, 1.54) is 0 Å². The fourth-order valence-corrected chi connectivity index (χ4v) is 4.30. The summed E-state index contributed by atoms with van der Waals surface area (Å²) in [5.74, 6) is 0.803.